The molecule has 0 heterocycles. The third-order valence-electron chi connectivity index (χ3n) is 6.44. The van der Waals surface area contributed by atoms with Crippen LogP contribution in [0.2, 0.25) is 0 Å². The summed E-state index contributed by atoms with van der Waals surface area (Å²) in [6, 6.07) is 8.95. The van der Waals surface area contributed by atoms with E-state index >= 15 is 0 Å². The molecule has 0 aliphatic heterocycles. The fraction of sp³-hybridized carbons (Fsp3) is 0.435. The van der Waals surface area contributed by atoms with Crippen LogP contribution in [-0.2, 0) is 17.6 Å². The van der Waals surface area contributed by atoms with Crippen molar-refractivity contribution in [3.63, 3.8) is 0 Å². The van der Waals surface area contributed by atoms with Gasteiger partial charge in [-0.25, -0.2) is 0 Å². The van der Waals surface area contributed by atoms with Crippen LogP contribution < -0.4 is 5.32 Å². The maximum Gasteiger partial charge on any atom is 0.223 e. The van der Waals surface area contributed by atoms with Crippen molar-refractivity contribution >= 4 is 22.8 Å². The molecule has 1 amide bonds. The largest absolute Gasteiger partial charge is 0.349 e. The maximum atomic E-state index is 12.8. The number of amides is 1. The topological polar surface area (TPSA) is 29.1 Å². The van der Waals surface area contributed by atoms with Crippen LogP contribution in [0.1, 0.15) is 66.8 Å². The van der Waals surface area contributed by atoms with Crippen molar-refractivity contribution in [1.82, 2.24) is 5.32 Å². The molecule has 1 unspecified atom stereocenters. The summed E-state index contributed by atoms with van der Waals surface area (Å²) in [5, 5.41) is 6.23. The zero-order valence-corrected chi connectivity index (χ0v) is 14.7. The number of carbonyl (C=O) groups is 1. The Balaban J connectivity index is 1.54. The molecule has 0 saturated heterocycles. The monoisotopic (exact) mass is 331 g/mol. The quantitative estimate of drug-likeness (QED) is 0.815. The van der Waals surface area contributed by atoms with Crippen molar-refractivity contribution in [3.05, 3.63) is 52.6 Å². The summed E-state index contributed by atoms with van der Waals surface area (Å²) in [5.74, 6) is 0.515. The van der Waals surface area contributed by atoms with E-state index in [1.165, 1.54) is 52.3 Å². The Hall–Kier alpha value is -2.09. The first-order valence-corrected chi connectivity index (χ1v) is 9.86. The fourth-order valence-corrected chi connectivity index (χ4v) is 5.23. The molecule has 1 atom stereocenters. The molecule has 2 aromatic rings. The number of rotatable bonds is 2. The summed E-state index contributed by atoms with van der Waals surface area (Å²) < 4.78 is 0. The van der Waals surface area contributed by atoms with Crippen molar-refractivity contribution in [3.8, 4) is 0 Å². The number of aryl methyl sites for hydroxylation is 2. The average molecular weight is 331 g/mol. The van der Waals surface area contributed by atoms with E-state index < -0.39 is 0 Å². The van der Waals surface area contributed by atoms with Crippen LogP contribution >= 0.6 is 0 Å². The molecule has 4 aliphatic rings. The van der Waals surface area contributed by atoms with Gasteiger partial charge >= 0.3 is 0 Å². The van der Waals surface area contributed by atoms with Gasteiger partial charge in [-0.2, -0.15) is 0 Å². The highest BCUT2D eigenvalue weighted by molar-refractivity contribution is 5.96. The molecule has 2 aromatic carbocycles. The molecular weight excluding hydrogens is 306 g/mol. The van der Waals surface area contributed by atoms with E-state index in [1.807, 2.05) is 0 Å². The molecule has 25 heavy (non-hydrogen) atoms. The number of nitrogens with one attached hydrogen (secondary N) is 1. The van der Waals surface area contributed by atoms with Gasteiger partial charge < -0.3 is 5.32 Å². The number of hydrogen-bond acceptors (Lipinski definition) is 1. The molecule has 0 radical (unpaired) electrons. The van der Waals surface area contributed by atoms with E-state index in [4.69, 9.17) is 0 Å². The molecule has 2 bridgehead atoms. The first-order chi connectivity index (χ1) is 12.3. The number of carbonyl (C=O) groups excluding carboxylic acids is 1. The molecular formula is C23H25NO. The smallest absolute Gasteiger partial charge is 0.223 e. The van der Waals surface area contributed by atoms with Crippen LogP contribution in [0.15, 0.2) is 30.3 Å². The predicted molar refractivity (Wildman–Crippen MR) is 102 cm³/mol. The van der Waals surface area contributed by atoms with Crippen molar-refractivity contribution < 1.29 is 4.79 Å². The number of hydrogen-bond donors (Lipinski definition) is 1. The summed E-state index contributed by atoms with van der Waals surface area (Å²) in [7, 11) is 0. The molecule has 0 spiro atoms. The molecule has 2 nitrogen and oxygen atoms in total. The van der Waals surface area contributed by atoms with Gasteiger partial charge in [0.25, 0.3) is 0 Å². The second-order valence-electron chi connectivity index (χ2n) is 7.86. The van der Waals surface area contributed by atoms with Crippen molar-refractivity contribution in [2.24, 2.45) is 5.92 Å². The second kappa shape index (κ2) is 6.01. The average Bonchev–Trinajstić information content (AvgIpc) is 2.69. The second-order valence-corrected chi connectivity index (χ2v) is 7.86. The van der Waals surface area contributed by atoms with Crippen LogP contribution in [0.25, 0.3) is 16.8 Å². The van der Waals surface area contributed by atoms with Gasteiger partial charge in [0.1, 0.15) is 0 Å². The van der Waals surface area contributed by atoms with E-state index in [0.29, 0.717) is 0 Å². The first-order valence-electron chi connectivity index (χ1n) is 9.86. The standard InChI is InChI=1S/C23H25NO/c25-23(15-7-2-1-3-8-15)24-21-12-6-11-19-18-13-14-20(22(19)21)17-10-5-4-9-16(17)18/h4-6,9-11,15,21H,1-3,7-8,12-14H2,(H,24,25). The van der Waals surface area contributed by atoms with Gasteiger partial charge in [0.15, 0.2) is 0 Å². The predicted octanol–water partition coefficient (Wildman–Crippen LogP) is 5.09. The Labute approximate surface area is 149 Å². The van der Waals surface area contributed by atoms with Crippen molar-refractivity contribution in [2.75, 3.05) is 0 Å². The Morgan fingerprint density at radius 3 is 2.48 bits per heavy atom. The summed E-state index contributed by atoms with van der Waals surface area (Å²) in [6.07, 6.45) is 13.6. The fourth-order valence-electron chi connectivity index (χ4n) is 5.23. The molecule has 0 aromatic heterocycles. The highest BCUT2D eigenvalue weighted by Gasteiger charge is 2.31. The zero-order chi connectivity index (χ0) is 16.8. The molecule has 1 N–H and O–H groups in total. The van der Waals surface area contributed by atoms with E-state index in [1.54, 1.807) is 0 Å². The highest BCUT2D eigenvalue weighted by atomic mass is 16.1. The Bertz CT molecular complexity index is 873. The van der Waals surface area contributed by atoms with Gasteiger partial charge in [0, 0.05) is 5.92 Å². The van der Waals surface area contributed by atoms with Gasteiger partial charge in [0.05, 0.1) is 6.04 Å². The number of benzene rings is 2. The minimum absolute atomic E-state index is 0.160. The molecule has 6 rings (SSSR count). The van der Waals surface area contributed by atoms with Gasteiger partial charge in [-0.1, -0.05) is 55.7 Å². The van der Waals surface area contributed by atoms with Gasteiger partial charge in [-0.05, 0) is 65.1 Å². The third kappa shape index (κ3) is 2.42. The lowest BCUT2D eigenvalue weighted by molar-refractivity contribution is -0.126. The Kier molecular flexibility index (Phi) is 3.65. The molecule has 128 valence electrons. The van der Waals surface area contributed by atoms with Gasteiger partial charge in [-0.15, -0.1) is 0 Å². The Morgan fingerprint density at radius 1 is 0.960 bits per heavy atom. The summed E-state index contributed by atoms with van der Waals surface area (Å²) in [4.78, 5) is 12.8. The van der Waals surface area contributed by atoms with Gasteiger partial charge in [-0.3, -0.25) is 4.79 Å². The van der Waals surface area contributed by atoms with Crippen LogP contribution in [0.3, 0.4) is 0 Å². The van der Waals surface area contributed by atoms with Crippen LogP contribution in [0.4, 0.5) is 0 Å². The first kappa shape index (κ1) is 15.2. The lowest BCUT2D eigenvalue weighted by Gasteiger charge is -2.34. The van der Waals surface area contributed by atoms with E-state index in [9.17, 15) is 4.79 Å². The molecule has 1 saturated carbocycles. The van der Waals surface area contributed by atoms with Gasteiger partial charge in [0.2, 0.25) is 5.91 Å². The minimum atomic E-state index is 0.160. The third-order valence-corrected chi connectivity index (χ3v) is 6.44. The van der Waals surface area contributed by atoms with Crippen molar-refractivity contribution in [1.29, 1.82) is 0 Å². The highest BCUT2D eigenvalue weighted by Crippen LogP contribution is 2.43. The molecule has 1 fully saturated rings. The maximum absolute atomic E-state index is 12.8. The van der Waals surface area contributed by atoms with Crippen LogP contribution in [-0.4, -0.2) is 5.91 Å². The van der Waals surface area contributed by atoms with Crippen LogP contribution in [0, 0.1) is 5.92 Å². The number of fused-ring (bicyclic) bond motifs is 1. The van der Waals surface area contributed by atoms with Crippen molar-refractivity contribution in [2.45, 2.75) is 57.4 Å². The normalized spacial score (nSPS) is 22.2. The van der Waals surface area contributed by atoms with E-state index in [0.717, 1.165) is 32.1 Å². The van der Waals surface area contributed by atoms with E-state index in [-0.39, 0.29) is 17.9 Å². The lowest BCUT2D eigenvalue weighted by Crippen LogP contribution is -2.36. The zero-order valence-electron chi connectivity index (χ0n) is 14.7. The SMILES string of the molecule is O=C(NC1CC=Cc2c1c1c3ccccc3c2CC1)C1CCCCC1. The lowest BCUT2D eigenvalue weighted by atomic mass is 9.75. The minimum Gasteiger partial charge on any atom is -0.349 e. The Morgan fingerprint density at radius 2 is 1.68 bits per heavy atom. The summed E-state index contributed by atoms with van der Waals surface area (Å²) in [5.41, 5.74) is 5.75. The van der Waals surface area contributed by atoms with Crippen LogP contribution in [0.5, 0.6) is 0 Å². The summed E-state index contributed by atoms with van der Waals surface area (Å²) in [6.45, 7) is 0. The molecule has 2 heteroatoms. The molecule has 4 aliphatic carbocycles. The summed E-state index contributed by atoms with van der Waals surface area (Å²) >= 11 is 0. The van der Waals surface area contributed by atoms with E-state index in [2.05, 4.69) is 41.7 Å².